The van der Waals surface area contributed by atoms with Gasteiger partial charge in [-0.05, 0) is 43.9 Å². The summed E-state index contributed by atoms with van der Waals surface area (Å²) in [6.45, 7) is 0.340. The van der Waals surface area contributed by atoms with Crippen LogP contribution in [-0.4, -0.2) is 29.7 Å². The molecule has 2 unspecified atom stereocenters. The van der Waals surface area contributed by atoms with Crippen LogP contribution < -0.4 is 0 Å². The fourth-order valence-corrected chi connectivity index (χ4v) is 4.13. The summed E-state index contributed by atoms with van der Waals surface area (Å²) >= 11 is 0. The molecule has 4 fully saturated rings. The van der Waals surface area contributed by atoms with Gasteiger partial charge in [-0.25, -0.2) is 0 Å². The lowest BCUT2D eigenvalue weighted by molar-refractivity contribution is -0.183. The second kappa shape index (κ2) is 3.29. The summed E-state index contributed by atoms with van der Waals surface area (Å²) in [5.41, 5.74) is -0.489. The fraction of sp³-hybridized carbons (Fsp3) is 0.917. The Morgan fingerprint density at radius 1 is 1.27 bits per heavy atom. The maximum atomic E-state index is 12.2. The summed E-state index contributed by atoms with van der Waals surface area (Å²) in [5.74, 6) is 2.02. The zero-order valence-corrected chi connectivity index (χ0v) is 8.95. The maximum Gasteiger partial charge on any atom is 0.167 e. The molecule has 0 aromatic heterocycles. The predicted molar refractivity (Wildman–Crippen MR) is 54.3 cm³/mol. The van der Waals surface area contributed by atoms with Crippen LogP contribution in [0.1, 0.15) is 32.1 Å². The highest BCUT2D eigenvalue weighted by Gasteiger charge is 2.57. The van der Waals surface area contributed by atoms with Gasteiger partial charge >= 0.3 is 0 Å². The minimum absolute atomic E-state index is 0.0228. The Balaban J connectivity index is 1.84. The molecule has 0 radical (unpaired) electrons. The number of rotatable bonds is 3. The number of Topliss-reactive ketones (excluding diaryl/α,β-unsaturated/α-hetero) is 1. The van der Waals surface area contributed by atoms with Gasteiger partial charge < -0.3 is 9.84 Å². The van der Waals surface area contributed by atoms with Crippen molar-refractivity contribution in [3.63, 3.8) is 0 Å². The Kier molecular flexibility index (Phi) is 2.15. The van der Waals surface area contributed by atoms with Crippen molar-refractivity contribution in [1.82, 2.24) is 0 Å². The van der Waals surface area contributed by atoms with Gasteiger partial charge in [-0.15, -0.1) is 0 Å². The summed E-state index contributed by atoms with van der Waals surface area (Å²) < 4.78 is 5.70. The number of hydrogen-bond donors (Lipinski definition) is 1. The van der Waals surface area contributed by atoms with Gasteiger partial charge in [0.1, 0.15) is 5.60 Å². The van der Waals surface area contributed by atoms with Crippen LogP contribution in [0.25, 0.3) is 0 Å². The van der Waals surface area contributed by atoms with Crippen molar-refractivity contribution >= 4 is 5.78 Å². The molecule has 0 aliphatic heterocycles. The summed E-state index contributed by atoms with van der Waals surface area (Å²) in [6.07, 6.45) is 5.32. The minimum Gasteiger partial charge on any atom is -0.394 e. The van der Waals surface area contributed by atoms with Crippen LogP contribution in [0.15, 0.2) is 0 Å². The number of aliphatic hydroxyl groups is 1. The van der Waals surface area contributed by atoms with E-state index in [1.807, 2.05) is 0 Å². The van der Waals surface area contributed by atoms with Crippen LogP contribution in [0.2, 0.25) is 0 Å². The van der Waals surface area contributed by atoms with Gasteiger partial charge in [0, 0.05) is 5.92 Å². The van der Waals surface area contributed by atoms with E-state index in [9.17, 15) is 4.79 Å². The molecule has 4 rings (SSSR count). The van der Waals surface area contributed by atoms with Gasteiger partial charge in [0.05, 0.1) is 13.2 Å². The molecule has 15 heavy (non-hydrogen) atoms. The second-order valence-corrected chi connectivity index (χ2v) is 5.47. The molecular formula is C12H18O3. The average molecular weight is 210 g/mol. The molecule has 0 aromatic rings. The topological polar surface area (TPSA) is 46.5 Å². The standard InChI is InChI=1S/C12H18O3/c13-1-2-15-12-6-8-3-9(7-12)5-10(4-8)11(12)14/h8-10,13H,1-7H2. The lowest BCUT2D eigenvalue weighted by Crippen LogP contribution is -2.59. The molecule has 0 amide bonds. The Labute approximate surface area is 89.8 Å². The molecule has 4 bridgehead atoms. The first-order valence-corrected chi connectivity index (χ1v) is 6.02. The van der Waals surface area contributed by atoms with Crippen LogP contribution in [0.5, 0.6) is 0 Å². The van der Waals surface area contributed by atoms with E-state index < -0.39 is 5.60 Å². The Morgan fingerprint density at radius 2 is 1.93 bits per heavy atom. The molecule has 3 heteroatoms. The molecule has 1 N–H and O–H groups in total. The monoisotopic (exact) mass is 210 g/mol. The molecule has 4 aliphatic carbocycles. The highest BCUT2D eigenvalue weighted by atomic mass is 16.5. The number of carbonyl (C=O) groups is 1. The third kappa shape index (κ3) is 1.36. The molecule has 2 atom stereocenters. The van der Waals surface area contributed by atoms with E-state index in [2.05, 4.69) is 0 Å². The van der Waals surface area contributed by atoms with E-state index in [-0.39, 0.29) is 12.5 Å². The van der Waals surface area contributed by atoms with E-state index in [1.54, 1.807) is 0 Å². The van der Waals surface area contributed by atoms with Crippen LogP contribution >= 0.6 is 0 Å². The van der Waals surface area contributed by atoms with Gasteiger partial charge in [0.15, 0.2) is 5.78 Å². The SMILES string of the molecule is O=C1C2CC3CC(C2)CC1(OCCO)C3. The number of ketones is 1. The third-order valence-corrected chi connectivity index (χ3v) is 4.43. The van der Waals surface area contributed by atoms with Crippen LogP contribution in [0.3, 0.4) is 0 Å². The maximum absolute atomic E-state index is 12.2. The first-order valence-electron chi connectivity index (χ1n) is 6.02. The van der Waals surface area contributed by atoms with Gasteiger partial charge in [0.2, 0.25) is 0 Å². The molecular weight excluding hydrogens is 192 g/mol. The van der Waals surface area contributed by atoms with Crippen LogP contribution in [-0.2, 0) is 9.53 Å². The number of aliphatic hydroxyl groups excluding tert-OH is 1. The zero-order valence-electron chi connectivity index (χ0n) is 8.95. The minimum atomic E-state index is -0.489. The van der Waals surface area contributed by atoms with Crippen molar-refractivity contribution in [3.8, 4) is 0 Å². The number of ether oxygens (including phenoxy) is 1. The number of hydrogen-bond acceptors (Lipinski definition) is 3. The third-order valence-electron chi connectivity index (χ3n) is 4.43. The summed E-state index contributed by atoms with van der Waals surface area (Å²) in [4.78, 5) is 12.2. The smallest absolute Gasteiger partial charge is 0.167 e. The Bertz CT molecular complexity index is 273. The molecule has 0 saturated heterocycles. The average Bonchev–Trinajstić information content (AvgIpc) is 2.22. The second-order valence-electron chi connectivity index (χ2n) is 5.47. The molecule has 4 saturated carbocycles. The Hall–Kier alpha value is -0.410. The molecule has 0 aromatic carbocycles. The first-order chi connectivity index (χ1) is 7.23. The van der Waals surface area contributed by atoms with Crippen LogP contribution in [0, 0.1) is 17.8 Å². The predicted octanol–water partition coefficient (Wildman–Crippen LogP) is 1.14. The lowest BCUT2D eigenvalue weighted by Gasteiger charge is -2.54. The van der Waals surface area contributed by atoms with Crippen molar-refractivity contribution in [3.05, 3.63) is 0 Å². The van der Waals surface area contributed by atoms with Crippen molar-refractivity contribution < 1.29 is 14.6 Å². The zero-order chi connectivity index (χ0) is 10.5. The van der Waals surface area contributed by atoms with Crippen molar-refractivity contribution in [1.29, 1.82) is 0 Å². The van der Waals surface area contributed by atoms with Gasteiger partial charge in [-0.1, -0.05) is 0 Å². The van der Waals surface area contributed by atoms with Crippen molar-refractivity contribution in [2.45, 2.75) is 37.7 Å². The number of carbonyl (C=O) groups excluding carboxylic acids is 1. The molecule has 84 valence electrons. The van der Waals surface area contributed by atoms with Crippen molar-refractivity contribution in [2.24, 2.45) is 17.8 Å². The molecule has 3 nitrogen and oxygen atoms in total. The largest absolute Gasteiger partial charge is 0.394 e. The summed E-state index contributed by atoms with van der Waals surface area (Å²) in [7, 11) is 0. The lowest BCUT2D eigenvalue weighted by atomic mass is 9.53. The van der Waals surface area contributed by atoms with E-state index >= 15 is 0 Å². The highest BCUT2D eigenvalue weighted by molar-refractivity contribution is 5.91. The van der Waals surface area contributed by atoms with E-state index in [0.29, 0.717) is 24.2 Å². The van der Waals surface area contributed by atoms with Gasteiger partial charge in [0.25, 0.3) is 0 Å². The van der Waals surface area contributed by atoms with Gasteiger partial charge in [-0.3, -0.25) is 4.79 Å². The van der Waals surface area contributed by atoms with Crippen molar-refractivity contribution in [2.75, 3.05) is 13.2 Å². The normalized spacial score (nSPS) is 47.5. The molecule has 0 spiro atoms. The molecule has 4 aliphatic rings. The summed E-state index contributed by atoms with van der Waals surface area (Å²) in [5, 5.41) is 8.82. The quantitative estimate of drug-likeness (QED) is 0.760. The van der Waals surface area contributed by atoms with Crippen LogP contribution in [0.4, 0.5) is 0 Å². The van der Waals surface area contributed by atoms with Gasteiger partial charge in [-0.2, -0.15) is 0 Å². The van der Waals surface area contributed by atoms with E-state index in [1.165, 1.54) is 6.42 Å². The summed E-state index contributed by atoms with van der Waals surface area (Å²) in [6, 6.07) is 0. The first kappa shape index (κ1) is 9.79. The Morgan fingerprint density at radius 3 is 2.53 bits per heavy atom. The van der Waals surface area contributed by atoms with E-state index in [4.69, 9.17) is 9.84 Å². The molecule has 0 heterocycles. The highest BCUT2D eigenvalue weighted by Crippen LogP contribution is 2.55. The van der Waals surface area contributed by atoms with E-state index in [0.717, 1.165) is 25.7 Å². The fourth-order valence-electron chi connectivity index (χ4n) is 4.13.